The number of aliphatic carboxylic acids is 1. The molecule has 0 saturated carbocycles. The zero-order chi connectivity index (χ0) is 15.1. The van der Waals surface area contributed by atoms with Gasteiger partial charge in [0.25, 0.3) is 0 Å². The molecule has 1 aliphatic rings. The molecule has 1 aromatic rings. The summed E-state index contributed by atoms with van der Waals surface area (Å²) in [5.74, 6) is 0.252. The number of carboxylic acids is 1. The monoisotopic (exact) mass is 291 g/mol. The minimum absolute atomic E-state index is 0.469. The second-order valence-electron chi connectivity index (χ2n) is 5.63. The summed E-state index contributed by atoms with van der Waals surface area (Å²) in [5, 5.41) is 12.3. The summed E-state index contributed by atoms with van der Waals surface area (Å²) in [5.41, 5.74) is 1.03. The average molecular weight is 291 g/mol. The van der Waals surface area contributed by atoms with Crippen LogP contribution in [-0.4, -0.2) is 35.2 Å². The van der Waals surface area contributed by atoms with Crippen molar-refractivity contribution in [1.29, 1.82) is 0 Å². The molecule has 1 aromatic heterocycles. The smallest absolute Gasteiger partial charge is 0.320 e. The molecule has 1 atom stereocenters. The van der Waals surface area contributed by atoms with Gasteiger partial charge in [-0.05, 0) is 30.9 Å². The van der Waals surface area contributed by atoms with Gasteiger partial charge in [0.1, 0.15) is 11.9 Å². The van der Waals surface area contributed by atoms with Gasteiger partial charge in [0, 0.05) is 25.8 Å². The number of rotatable bonds is 8. The molecule has 2 N–H and O–H groups in total. The molecular formula is C16H25N3O2. The van der Waals surface area contributed by atoms with Crippen LogP contribution >= 0.6 is 0 Å². The Balaban J connectivity index is 1.85. The number of carbonyl (C=O) groups is 1. The lowest BCUT2D eigenvalue weighted by Gasteiger charge is -2.17. The lowest BCUT2D eigenvalue weighted by molar-refractivity contribution is -0.139. The minimum atomic E-state index is -0.773. The highest BCUT2D eigenvalue weighted by molar-refractivity contribution is 5.73. The van der Waals surface area contributed by atoms with Crippen LogP contribution in [0.2, 0.25) is 0 Å². The van der Waals surface area contributed by atoms with Gasteiger partial charge in [0.15, 0.2) is 0 Å². The molecule has 0 bridgehead atoms. The normalized spacial score (nSPS) is 16.1. The van der Waals surface area contributed by atoms with Crippen LogP contribution in [-0.2, 0) is 11.3 Å². The van der Waals surface area contributed by atoms with Gasteiger partial charge < -0.3 is 15.3 Å². The Kier molecular flexibility index (Phi) is 5.99. The summed E-state index contributed by atoms with van der Waals surface area (Å²) in [6.07, 6.45) is 6.93. The molecule has 2 rings (SSSR count). The van der Waals surface area contributed by atoms with E-state index >= 15 is 0 Å². The Bertz CT molecular complexity index is 441. The molecule has 1 fully saturated rings. The molecule has 5 heteroatoms. The number of anilines is 1. The third-order valence-electron chi connectivity index (χ3n) is 3.94. The molecule has 116 valence electrons. The predicted octanol–water partition coefficient (Wildman–Crippen LogP) is 2.41. The van der Waals surface area contributed by atoms with Crippen molar-refractivity contribution in [1.82, 2.24) is 10.3 Å². The van der Waals surface area contributed by atoms with Gasteiger partial charge >= 0.3 is 5.97 Å². The molecule has 1 saturated heterocycles. The number of nitrogens with one attached hydrogen (secondary N) is 1. The summed E-state index contributed by atoms with van der Waals surface area (Å²) in [7, 11) is 0. The molecule has 0 spiro atoms. The van der Waals surface area contributed by atoms with Crippen molar-refractivity contribution < 1.29 is 9.90 Å². The first-order valence-electron chi connectivity index (χ1n) is 7.86. The number of unbranched alkanes of at least 4 members (excludes halogenated alkanes) is 1. The second kappa shape index (κ2) is 7.98. The lowest BCUT2D eigenvalue weighted by atomic mass is 10.1. The van der Waals surface area contributed by atoms with E-state index in [0.29, 0.717) is 13.0 Å². The average Bonchev–Trinajstić information content (AvgIpc) is 3.02. The van der Waals surface area contributed by atoms with Crippen LogP contribution < -0.4 is 10.2 Å². The van der Waals surface area contributed by atoms with E-state index in [1.54, 1.807) is 0 Å². The van der Waals surface area contributed by atoms with Crippen molar-refractivity contribution in [3.63, 3.8) is 0 Å². The summed E-state index contributed by atoms with van der Waals surface area (Å²) >= 11 is 0. The van der Waals surface area contributed by atoms with Crippen LogP contribution in [0.15, 0.2) is 18.3 Å². The van der Waals surface area contributed by atoms with E-state index < -0.39 is 12.0 Å². The van der Waals surface area contributed by atoms with Crippen LogP contribution in [0.1, 0.15) is 44.6 Å². The predicted molar refractivity (Wildman–Crippen MR) is 83.5 cm³/mol. The topological polar surface area (TPSA) is 65.5 Å². The summed E-state index contributed by atoms with van der Waals surface area (Å²) < 4.78 is 0. The van der Waals surface area contributed by atoms with Crippen LogP contribution in [0.5, 0.6) is 0 Å². The van der Waals surface area contributed by atoms with Crippen molar-refractivity contribution in [2.45, 2.75) is 51.6 Å². The second-order valence-corrected chi connectivity index (χ2v) is 5.63. The van der Waals surface area contributed by atoms with Gasteiger partial charge in [-0.2, -0.15) is 0 Å². The van der Waals surface area contributed by atoms with Crippen LogP contribution in [0.4, 0.5) is 5.82 Å². The number of hydrogen-bond acceptors (Lipinski definition) is 4. The molecule has 0 aliphatic carbocycles. The first kappa shape index (κ1) is 15.8. The molecule has 0 amide bonds. The Morgan fingerprint density at radius 3 is 2.76 bits per heavy atom. The van der Waals surface area contributed by atoms with Gasteiger partial charge in [0.2, 0.25) is 0 Å². The largest absolute Gasteiger partial charge is 0.480 e. The molecule has 0 aromatic carbocycles. The van der Waals surface area contributed by atoms with E-state index in [4.69, 9.17) is 0 Å². The summed E-state index contributed by atoms with van der Waals surface area (Å²) in [4.78, 5) is 17.9. The highest BCUT2D eigenvalue weighted by Crippen LogP contribution is 2.17. The summed E-state index contributed by atoms with van der Waals surface area (Å²) in [6.45, 7) is 4.79. The fourth-order valence-electron chi connectivity index (χ4n) is 2.62. The molecule has 21 heavy (non-hydrogen) atoms. The van der Waals surface area contributed by atoms with E-state index in [-0.39, 0.29) is 0 Å². The molecule has 0 radical (unpaired) electrons. The first-order valence-corrected chi connectivity index (χ1v) is 7.86. The van der Waals surface area contributed by atoms with E-state index in [0.717, 1.165) is 37.3 Å². The SMILES string of the molecule is CCCCC(NCc1ccc(N2CCCC2)nc1)C(=O)O. The van der Waals surface area contributed by atoms with Gasteiger partial charge in [-0.3, -0.25) is 4.79 Å². The van der Waals surface area contributed by atoms with Crippen molar-refractivity contribution in [2.24, 2.45) is 0 Å². The van der Waals surface area contributed by atoms with Gasteiger partial charge in [-0.1, -0.05) is 25.8 Å². The number of nitrogens with zero attached hydrogens (tertiary/aromatic N) is 2. The highest BCUT2D eigenvalue weighted by atomic mass is 16.4. The molecule has 5 nitrogen and oxygen atoms in total. The zero-order valence-corrected chi connectivity index (χ0v) is 12.7. The maximum absolute atomic E-state index is 11.2. The van der Waals surface area contributed by atoms with Crippen molar-refractivity contribution >= 4 is 11.8 Å². The van der Waals surface area contributed by atoms with E-state index in [9.17, 15) is 9.90 Å². The minimum Gasteiger partial charge on any atom is -0.480 e. The number of aromatic nitrogens is 1. The third kappa shape index (κ3) is 4.70. The van der Waals surface area contributed by atoms with Crippen LogP contribution in [0.3, 0.4) is 0 Å². The standard InChI is InChI=1S/C16H25N3O2/c1-2-3-6-14(16(20)21)17-11-13-7-8-15(18-12-13)19-9-4-5-10-19/h7-8,12,14,17H,2-6,9-11H2,1H3,(H,20,21). The van der Waals surface area contributed by atoms with Gasteiger partial charge in [0.05, 0.1) is 0 Å². The van der Waals surface area contributed by atoms with E-state index in [1.165, 1.54) is 12.8 Å². The molecule has 1 aliphatic heterocycles. The summed E-state index contributed by atoms with van der Waals surface area (Å²) in [6, 6.07) is 3.60. The molecule has 1 unspecified atom stereocenters. The number of carboxylic acid groups (broad SMARTS) is 1. The van der Waals surface area contributed by atoms with Gasteiger partial charge in [-0.15, -0.1) is 0 Å². The van der Waals surface area contributed by atoms with Crippen molar-refractivity contribution in [3.8, 4) is 0 Å². The maximum Gasteiger partial charge on any atom is 0.320 e. The maximum atomic E-state index is 11.2. The Labute approximate surface area is 126 Å². The van der Waals surface area contributed by atoms with E-state index in [2.05, 4.69) is 22.1 Å². The van der Waals surface area contributed by atoms with Crippen LogP contribution in [0.25, 0.3) is 0 Å². The third-order valence-corrected chi connectivity index (χ3v) is 3.94. The Hall–Kier alpha value is -1.62. The highest BCUT2D eigenvalue weighted by Gasteiger charge is 2.16. The number of hydrogen-bond donors (Lipinski definition) is 2. The molecule has 2 heterocycles. The zero-order valence-electron chi connectivity index (χ0n) is 12.7. The van der Waals surface area contributed by atoms with Gasteiger partial charge in [-0.25, -0.2) is 4.98 Å². The Morgan fingerprint density at radius 1 is 1.43 bits per heavy atom. The quantitative estimate of drug-likeness (QED) is 0.770. The van der Waals surface area contributed by atoms with Crippen LogP contribution in [0, 0.1) is 0 Å². The van der Waals surface area contributed by atoms with Crippen molar-refractivity contribution in [3.05, 3.63) is 23.9 Å². The number of pyridine rings is 1. The Morgan fingerprint density at radius 2 is 2.19 bits per heavy atom. The fourth-order valence-corrected chi connectivity index (χ4v) is 2.62. The van der Waals surface area contributed by atoms with E-state index in [1.807, 2.05) is 18.3 Å². The first-order chi connectivity index (χ1) is 10.2. The molecular weight excluding hydrogens is 266 g/mol. The lowest BCUT2D eigenvalue weighted by Crippen LogP contribution is -2.36. The fraction of sp³-hybridized carbons (Fsp3) is 0.625. The van der Waals surface area contributed by atoms with Crippen molar-refractivity contribution in [2.75, 3.05) is 18.0 Å².